The van der Waals surface area contributed by atoms with Gasteiger partial charge < -0.3 is 5.73 Å². The van der Waals surface area contributed by atoms with Crippen molar-refractivity contribution < 1.29 is 0 Å². The standard InChI is InChI=1S/C10H13N3.C2H6/c1-7(2)8-4-6-13-9(8)3-5-12-10(13)11;1-2/h3-7H,1-2H3,(H2,11,12);1-2H3. The number of anilines is 1. The van der Waals surface area contributed by atoms with Gasteiger partial charge in [-0.1, -0.05) is 27.7 Å². The topological polar surface area (TPSA) is 43.3 Å². The van der Waals surface area contributed by atoms with Gasteiger partial charge in [-0.15, -0.1) is 0 Å². The first-order chi connectivity index (χ1) is 7.20. The average Bonchev–Trinajstić information content (AvgIpc) is 2.66. The number of rotatable bonds is 1. The molecule has 0 spiro atoms. The molecule has 2 heterocycles. The maximum absolute atomic E-state index is 5.72. The smallest absolute Gasteiger partial charge is 0.204 e. The molecule has 0 fully saturated rings. The van der Waals surface area contributed by atoms with Gasteiger partial charge in [0.05, 0.1) is 5.52 Å². The van der Waals surface area contributed by atoms with Crippen molar-refractivity contribution in [3.8, 4) is 0 Å². The number of aromatic nitrogens is 2. The van der Waals surface area contributed by atoms with E-state index >= 15 is 0 Å². The first-order valence-electron chi connectivity index (χ1n) is 5.41. The lowest BCUT2D eigenvalue weighted by Crippen LogP contribution is -1.98. The van der Waals surface area contributed by atoms with Crippen LogP contribution in [0.4, 0.5) is 5.95 Å². The van der Waals surface area contributed by atoms with E-state index in [9.17, 15) is 0 Å². The Balaban J connectivity index is 0.000000531. The Labute approximate surface area is 90.9 Å². The van der Waals surface area contributed by atoms with Gasteiger partial charge in [-0.05, 0) is 23.6 Å². The largest absolute Gasteiger partial charge is 0.369 e. The Bertz CT molecular complexity index is 429. The van der Waals surface area contributed by atoms with Crippen LogP contribution in [-0.2, 0) is 0 Å². The van der Waals surface area contributed by atoms with Crippen LogP contribution in [0.25, 0.3) is 5.52 Å². The van der Waals surface area contributed by atoms with Gasteiger partial charge in [-0.2, -0.15) is 0 Å². The minimum absolute atomic E-state index is 0.520. The summed E-state index contributed by atoms with van der Waals surface area (Å²) in [6.45, 7) is 8.35. The number of nitrogens with two attached hydrogens (primary N) is 1. The van der Waals surface area contributed by atoms with E-state index in [4.69, 9.17) is 5.73 Å². The summed E-state index contributed by atoms with van der Waals surface area (Å²) in [4.78, 5) is 4.02. The molecule has 2 aromatic heterocycles. The summed E-state index contributed by atoms with van der Waals surface area (Å²) in [5.41, 5.74) is 8.19. The second-order valence-electron chi connectivity index (χ2n) is 3.48. The Hall–Kier alpha value is -1.51. The van der Waals surface area contributed by atoms with Crippen LogP contribution in [0.5, 0.6) is 0 Å². The number of fused-ring (bicyclic) bond motifs is 1. The molecule has 3 nitrogen and oxygen atoms in total. The number of hydrogen-bond donors (Lipinski definition) is 1. The maximum atomic E-state index is 5.72. The van der Waals surface area contributed by atoms with Crippen molar-refractivity contribution in [3.05, 3.63) is 30.1 Å². The van der Waals surface area contributed by atoms with Crippen molar-refractivity contribution in [1.82, 2.24) is 9.38 Å². The second-order valence-corrected chi connectivity index (χ2v) is 3.48. The van der Waals surface area contributed by atoms with Crippen LogP contribution in [0.3, 0.4) is 0 Å². The van der Waals surface area contributed by atoms with Crippen LogP contribution < -0.4 is 5.73 Å². The highest BCUT2D eigenvalue weighted by molar-refractivity contribution is 5.59. The molecule has 0 saturated carbocycles. The van der Waals surface area contributed by atoms with E-state index in [0.29, 0.717) is 11.9 Å². The van der Waals surface area contributed by atoms with Gasteiger partial charge in [0.25, 0.3) is 0 Å². The third-order valence-corrected chi connectivity index (χ3v) is 2.27. The monoisotopic (exact) mass is 205 g/mol. The lowest BCUT2D eigenvalue weighted by molar-refractivity contribution is 0.876. The van der Waals surface area contributed by atoms with Crippen molar-refractivity contribution in [2.45, 2.75) is 33.6 Å². The van der Waals surface area contributed by atoms with Crippen LogP contribution in [-0.4, -0.2) is 9.38 Å². The first-order valence-corrected chi connectivity index (χ1v) is 5.41. The fraction of sp³-hybridized carbons (Fsp3) is 0.417. The number of hydrogen-bond acceptors (Lipinski definition) is 2. The number of nitrogen functional groups attached to an aromatic ring is 1. The van der Waals surface area contributed by atoms with E-state index in [1.165, 1.54) is 5.56 Å². The molecule has 0 unspecified atom stereocenters. The summed E-state index contributed by atoms with van der Waals surface area (Å²) in [5, 5.41) is 0. The van der Waals surface area contributed by atoms with Gasteiger partial charge in [-0.25, -0.2) is 4.98 Å². The molecule has 2 rings (SSSR count). The molecule has 2 aromatic rings. The SMILES string of the molecule is CC.CC(C)c1ccn2c(N)nccc12. The average molecular weight is 205 g/mol. The van der Waals surface area contributed by atoms with Crippen molar-refractivity contribution >= 4 is 11.5 Å². The summed E-state index contributed by atoms with van der Waals surface area (Å²) in [6.07, 6.45) is 3.71. The maximum Gasteiger partial charge on any atom is 0.204 e. The molecular formula is C12H19N3. The highest BCUT2D eigenvalue weighted by atomic mass is 15.1. The Morgan fingerprint density at radius 2 is 1.93 bits per heavy atom. The molecular weight excluding hydrogens is 186 g/mol. The van der Waals surface area contributed by atoms with E-state index < -0.39 is 0 Å². The lowest BCUT2D eigenvalue weighted by atomic mass is 10.1. The quantitative estimate of drug-likeness (QED) is 0.777. The van der Waals surface area contributed by atoms with Crippen LogP contribution >= 0.6 is 0 Å². The number of nitrogens with zero attached hydrogens (tertiary/aromatic N) is 2. The van der Waals surface area contributed by atoms with Crippen molar-refractivity contribution in [2.24, 2.45) is 0 Å². The summed E-state index contributed by atoms with van der Waals surface area (Å²) in [5.74, 6) is 1.07. The minimum atomic E-state index is 0.520. The first kappa shape index (κ1) is 11.6. The molecule has 0 atom stereocenters. The third kappa shape index (κ3) is 2.12. The van der Waals surface area contributed by atoms with Crippen LogP contribution in [0, 0.1) is 0 Å². The third-order valence-electron chi connectivity index (χ3n) is 2.27. The molecule has 0 amide bonds. The van der Waals surface area contributed by atoms with Gasteiger partial charge in [0.15, 0.2) is 0 Å². The predicted octanol–water partition coefficient (Wildman–Crippen LogP) is 3.07. The molecule has 2 N–H and O–H groups in total. The van der Waals surface area contributed by atoms with Crippen LogP contribution in [0.2, 0.25) is 0 Å². The zero-order chi connectivity index (χ0) is 11.4. The second kappa shape index (κ2) is 4.82. The highest BCUT2D eigenvalue weighted by Crippen LogP contribution is 2.22. The van der Waals surface area contributed by atoms with E-state index in [1.807, 2.05) is 30.5 Å². The minimum Gasteiger partial charge on any atom is -0.369 e. The lowest BCUT2D eigenvalue weighted by Gasteiger charge is -2.03. The molecule has 3 heteroatoms. The fourth-order valence-corrected chi connectivity index (χ4v) is 1.57. The Morgan fingerprint density at radius 1 is 1.27 bits per heavy atom. The van der Waals surface area contributed by atoms with Crippen molar-refractivity contribution in [2.75, 3.05) is 5.73 Å². The van der Waals surface area contributed by atoms with E-state index in [2.05, 4.69) is 24.9 Å². The van der Waals surface area contributed by atoms with Crippen molar-refractivity contribution in [1.29, 1.82) is 0 Å². The summed E-state index contributed by atoms with van der Waals surface area (Å²) in [6, 6.07) is 4.09. The molecule has 15 heavy (non-hydrogen) atoms. The highest BCUT2D eigenvalue weighted by Gasteiger charge is 2.06. The van der Waals surface area contributed by atoms with Gasteiger partial charge in [-0.3, -0.25) is 4.40 Å². The van der Waals surface area contributed by atoms with E-state index in [0.717, 1.165) is 5.52 Å². The molecule has 0 aromatic carbocycles. The summed E-state index contributed by atoms with van der Waals surface area (Å²) < 4.78 is 1.91. The fourth-order valence-electron chi connectivity index (χ4n) is 1.57. The molecule has 0 aliphatic heterocycles. The molecule has 0 bridgehead atoms. The molecule has 0 radical (unpaired) electrons. The zero-order valence-electron chi connectivity index (χ0n) is 9.86. The Kier molecular flexibility index (Phi) is 3.72. The van der Waals surface area contributed by atoms with Crippen LogP contribution in [0.1, 0.15) is 39.2 Å². The van der Waals surface area contributed by atoms with Gasteiger partial charge >= 0.3 is 0 Å². The van der Waals surface area contributed by atoms with E-state index in [1.54, 1.807) is 6.20 Å². The van der Waals surface area contributed by atoms with Gasteiger partial charge in [0, 0.05) is 12.4 Å². The summed E-state index contributed by atoms with van der Waals surface area (Å²) >= 11 is 0. The summed E-state index contributed by atoms with van der Waals surface area (Å²) in [7, 11) is 0. The van der Waals surface area contributed by atoms with Gasteiger partial charge in [0.2, 0.25) is 5.95 Å². The van der Waals surface area contributed by atoms with E-state index in [-0.39, 0.29) is 0 Å². The molecule has 0 aliphatic carbocycles. The zero-order valence-corrected chi connectivity index (χ0v) is 9.86. The normalized spacial score (nSPS) is 10.2. The molecule has 0 aliphatic rings. The predicted molar refractivity (Wildman–Crippen MR) is 65.0 cm³/mol. The van der Waals surface area contributed by atoms with Gasteiger partial charge in [0.1, 0.15) is 0 Å². The van der Waals surface area contributed by atoms with Crippen LogP contribution in [0.15, 0.2) is 24.5 Å². The Morgan fingerprint density at radius 3 is 2.53 bits per heavy atom. The molecule has 0 saturated heterocycles. The molecule has 82 valence electrons. The van der Waals surface area contributed by atoms with Crippen molar-refractivity contribution in [3.63, 3.8) is 0 Å².